The molecule has 0 fully saturated rings. The molecule has 0 amide bonds. The lowest BCUT2D eigenvalue weighted by atomic mass is 10.2. The van der Waals surface area contributed by atoms with E-state index in [9.17, 15) is 26.3 Å². The third-order valence-electron chi connectivity index (χ3n) is 3.52. The summed E-state index contributed by atoms with van der Waals surface area (Å²) in [6.45, 7) is 1.85. The molecule has 0 saturated heterocycles. The lowest BCUT2D eigenvalue weighted by Gasteiger charge is -2.08. The molecule has 0 aromatic carbocycles. The lowest BCUT2D eigenvalue weighted by Crippen LogP contribution is -2.05. The Kier molecular flexibility index (Phi) is 4.63. The van der Waals surface area contributed by atoms with Crippen LogP contribution in [-0.2, 0) is 12.4 Å². The van der Waals surface area contributed by atoms with E-state index in [0.717, 1.165) is 24.3 Å². The standard InChI is InChI=1S/C16H11F6N3S/c1-2-26-14-13(11-4-3-10(8-23-11)16(20,21)22)24-12-7-9(15(17,18)19)5-6-25(12)14/h3-8H,2H2,1H3. The van der Waals surface area contributed by atoms with Crippen molar-refractivity contribution in [3.63, 3.8) is 0 Å². The largest absolute Gasteiger partial charge is 0.417 e. The van der Waals surface area contributed by atoms with Gasteiger partial charge in [-0.1, -0.05) is 6.92 Å². The summed E-state index contributed by atoms with van der Waals surface area (Å²) in [6, 6.07) is 3.86. The Morgan fingerprint density at radius 2 is 1.69 bits per heavy atom. The Bertz CT molecular complexity index is 928. The van der Waals surface area contributed by atoms with E-state index in [2.05, 4.69) is 9.97 Å². The van der Waals surface area contributed by atoms with Gasteiger partial charge in [-0.15, -0.1) is 11.8 Å². The summed E-state index contributed by atoms with van der Waals surface area (Å²) in [6.07, 6.45) is -7.11. The number of fused-ring (bicyclic) bond motifs is 1. The van der Waals surface area contributed by atoms with Gasteiger partial charge in [-0.05, 0) is 30.0 Å². The maximum absolute atomic E-state index is 12.9. The molecule has 0 unspecified atom stereocenters. The van der Waals surface area contributed by atoms with Crippen LogP contribution in [0.2, 0.25) is 0 Å². The van der Waals surface area contributed by atoms with Crippen molar-refractivity contribution in [1.82, 2.24) is 14.4 Å². The van der Waals surface area contributed by atoms with Crippen molar-refractivity contribution in [2.45, 2.75) is 24.3 Å². The molecule has 0 aliphatic carbocycles. The molecule has 3 aromatic heterocycles. The number of nitrogens with zero attached hydrogens (tertiary/aromatic N) is 3. The number of rotatable bonds is 3. The Balaban J connectivity index is 2.13. The highest BCUT2D eigenvalue weighted by atomic mass is 32.2. The van der Waals surface area contributed by atoms with Crippen LogP contribution in [0, 0.1) is 0 Å². The number of hydrogen-bond donors (Lipinski definition) is 0. The first kappa shape index (κ1) is 18.6. The van der Waals surface area contributed by atoms with Gasteiger partial charge in [0.05, 0.1) is 16.8 Å². The third-order valence-corrected chi connectivity index (χ3v) is 4.48. The van der Waals surface area contributed by atoms with Crippen LogP contribution in [0.15, 0.2) is 41.7 Å². The molecule has 26 heavy (non-hydrogen) atoms. The zero-order valence-corrected chi connectivity index (χ0v) is 14.0. The van der Waals surface area contributed by atoms with Crippen molar-refractivity contribution >= 4 is 17.4 Å². The van der Waals surface area contributed by atoms with Crippen LogP contribution in [0.5, 0.6) is 0 Å². The van der Waals surface area contributed by atoms with Gasteiger partial charge < -0.3 is 0 Å². The first-order valence-electron chi connectivity index (χ1n) is 7.37. The van der Waals surface area contributed by atoms with E-state index in [1.54, 1.807) is 0 Å². The van der Waals surface area contributed by atoms with Crippen LogP contribution < -0.4 is 0 Å². The Morgan fingerprint density at radius 3 is 2.23 bits per heavy atom. The zero-order chi connectivity index (χ0) is 19.1. The van der Waals surface area contributed by atoms with Gasteiger partial charge in [0.15, 0.2) is 0 Å². The normalized spacial score (nSPS) is 12.7. The van der Waals surface area contributed by atoms with E-state index in [-0.39, 0.29) is 17.0 Å². The molecule has 0 radical (unpaired) electrons. The number of aromatic nitrogens is 3. The predicted octanol–water partition coefficient (Wildman–Crippen LogP) is 5.55. The number of thioether (sulfide) groups is 1. The van der Waals surface area contributed by atoms with E-state index >= 15 is 0 Å². The van der Waals surface area contributed by atoms with Gasteiger partial charge in [0.25, 0.3) is 0 Å². The summed E-state index contributed by atoms with van der Waals surface area (Å²) >= 11 is 1.31. The second kappa shape index (κ2) is 6.49. The molecule has 0 bridgehead atoms. The fourth-order valence-electron chi connectivity index (χ4n) is 2.34. The summed E-state index contributed by atoms with van der Waals surface area (Å²) in [5.74, 6) is 0.600. The van der Waals surface area contributed by atoms with E-state index in [4.69, 9.17) is 0 Å². The highest BCUT2D eigenvalue weighted by Gasteiger charge is 2.32. The van der Waals surface area contributed by atoms with Crippen LogP contribution in [0.4, 0.5) is 26.3 Å². The number of pyridine rings is 2. The number of alkyl halides is 6. The highest BCUT2D eigenvalue weighted by molar-refractivity contribution is 7.99. The zero-order valence-electron chi connectivity index (χ0n) is 13.2. The Labute approximate surface area is 148 Å². The van der Waals surface area contributed by atoms with E-state index in [0.29, 0.717) is 17.0 Å². The highest BCUT2D eigenvalue weighted by Crippen LogP contribution is 2.35. The summed E-state index contributed by atoms with van der Waals surface area (Å²) in [5.41, 5.74) is -1.31. The quantitative estimate of drug-likeness (QED) is 0.433. The molecule has 138 valence electrons. The van der Waals surface area contributed by atoms with Crippen LogP contribution in [-0.4, -0.2) is 20.1 Å². The minimum Gasteiger partial charge on any atom is -0.294 e. The summed E-state index contributed by atoms with van der Waals surface area (Å²) < 4.78 is 78.2. The molecule has 3 aromatic rings. The number of halogens is 6. The Morgan fingerprint density at radius 1 is 1.00 bits per heavy atom. The molecule has 0 atom stereocenters. The first-order chi connectivity index (χ1) is 12.1. The SMILES string of the molecule is CCSc1c(-c2ccc(C(F)(F)F)cn2)nc2cc(C(F)(F)F)ccn12. The molecule has 0 saturated carbocycles. The second-order valence-electron chi connectivity index (χ2n) is 5.27. The fourth-order valence-corrected chi connectivity index (χ4v) is 3.20. The summed E-state index contributed by atoms with van der Waals surface area (Å²) in [5, 5.41) is 0.517. The molecule has 3 nitrogen and oxygen atoms in total. The predicted molar refractivity (Wildman–Crippen MR) is 84.8 cm³/mol. The minimum atomic E-state index is -4.52. The van der Waals surface area contributed by atoms with Crippen LogP contribution >= 0.6 is 11.8 Å². The number of imidazole rings is 1. The second-order valence-corrected chi connectivity index (χ2v) is 6.52. The molecule has 0 spiro atoms. The molecule has 3 rings (SSSR count). The van der Waals surface area contributed by atoms with Gasteiger partial charge in [0.1, 0.15) is 16.4 Å². The van der Waals surface area contributed by atoms with Gasteiger partial charge in [0, 0.05) is 12.4 Å². The van der Waals surface area contributed by atoms with E-state index in [1.165, 1.54) is 22.4 Å². The number of hydrogen-bond acceptors (Lipinski definition) is 3. The topological polar surface area (TPSA) is 30.2 Å². The van der Waals surface area contributed by atoms with Crippen molar-refractivity contribution in [2.24, 2.45) is 0 Å². The molecule has 10 heteroatoms. The van der Waals surface area contributed by atoms with E-state index in [1.807, 2.05) is 6.92 Å². The van der Waals surface area contributed by atoms with Crippen molar-refractivity contribution in [1.29, 1.82) is 0 Å². The van der Waals surface area contributed by atoms with Crippen LogP contribution in [0.3, 0.4) is 0 Å². The summed E-state index contributed by atoms with van der Waals surface area (Å²) in [4.78, 5) is 7.96. The van der Waals surface area contributed by atoms with Gasteiger partial charge in [-0.3, -0.25) is 9.38 Å². The first-order valence-corrected chi connectivity index (χ1v) is 8.35. The molecular formula is C16H11F6N3S. The van der Waals surface area contributed by atoms with Crippen molar-refractivity contribution in [3.05, 3.63) is 47.8 Å². The van der Waals surface area contributed by atoms with Gasteiger partial charge >= 0.3 is 12.4 Å². The smallest absolute Gasteiger partial charge is 0.294 e. The monoisotopic (exact) mass is 391 g/mol. The summed E-state index contributed by atoms with van der Waals surface area (Å²) in [7, 11) is 0. The van der Waals surface area contributed by atoms with E-state index < -0.39 is 23.5 Å². The molecule has 3 heterocycles. The van der Waals surface area contributed by atoms with Gasteiger partial charge in [-0.25, -0.2) is 4.98 Å². The minimum absolute atomic E-state index is 0.0486. The van der Waals surface area contributed by atoms with Gasteiger partial charge in [-0.2, -0.15) is 26.3 Å². The average Bonchev–Trinajstić information content (AvgIpc) is 2.92. The lowest BCUT2D eigenvalue weighted by molar-refractivity contribution is -0.138. The van der Waals surface area contributed by atoms with Gasteiger partial charge in [0.2, 0.25) is 0 Å². The van der Waals surface area contributed by atoms with Crippen molar-refractivity contribution in [2.75, 3.05) is 5.75 Å². The maximum Gasteiger partial charge on any atom is 0.417 e. The van der Waals surface area contributed by atoms with Crippen LogP contribution in [0.25, 0.3) is 17.0 Å². The Hall–Kier alpha value is -2.23. The fraction of sp³-hybridized carbons (Fsp3) is 0.250. The molecule has 0 N–H and O–H groups in total. The van der Waals surface area contributed by atoms with Crippen molar-refractivity contribution < 1.29 is 26.3 Å². The van der Waals surface area contributed by atoms with Crippen LogP contribution in [0.1, 0.15) is 18.1 Å². The maximum atomic E-state index is 12.9. The van der Waals surface area contributed by atoms with Crippen molar-refractivity contribution in [3.8, 4) is 11.4 Å². The third kappa shape index (κ3) is 3.50. The average molecular weight is 391 g/mol. The molecular weight excluding hydrogens is 380 g/mol. The molecule has 0 aliphatic rings. The molecule has 0 aliphatic heterocycles.